The van der Waals surface area contributed by atoms with E-state index in [2.05, 4.69) is 16.7 Å². The lowest BCUT2D eigenvalue weighted by atomic mass is 10.0. The molecule has 0 radical (unpaired) electrons. The van der Waals surface area contributed by atoms with Crippen molar-refractivity contribution in [2.75, 3.05) is 23.8 Å². The number of amides is 1. The third kappa shape index (κ3) is 2.45. The predicted molar refractivity (Wildman–Crippen MR) is 75.5 cm³/mol. The number of anilines is 2. The fraction of sp³-hybridized carbons (Fsp3) is 0.533. The van der Waals surface area contributed by atoms with Gasteiger partial charge in [-0.05, 0) is 56.4 Å². The molecule has 2 aliphatic heterocycles. The lowest BCUT2D eigenvalue weighted by Crippen LogP contribution is -2.39. The molecule has 0 aliphatic carbocycles. The van der Waals surface area contributed by atoms with Gasteiger partial charge < -0.3 is 15.4 Å². The van der Waals surface area contributed by atoms with E-state index in [-0.39, 0.29) is 5.91 Å². The molecule has 1 atom stereocenters. The number of fused-ring (bicyclic) bond motifs is 1. The van der Waals surface area contributed by atoms with Gasteiger partial charge in [-0.1, -0.05) is 0 Å². The number of aryl methyl sites for hydroxylation is 1. The molecule has 102 valence electrons. The predicted octanol–water partition coefficient (Wildman–Crippen LogP) is 2.55. The minimum absolute atomic E-state index is 0.0336. The summed E-state index contributed by atoms with van der Waals surface area (Å²) in [6.45, 7) is 3.58. The lowest BCUT2D eigenvalue weighted by Gasteiger charge is -2.23. The van der Waals surface area contributed by atoms with Crippen LogP contribution in [0.2, 0.25) is 0 Å². The Labute approximate surface area is 113 Å². The normalized spacial score (nSPS) is 25.5. The number of benzene rings is 1. The average molecular weight is 260 g/mol. The van der Waals surface area contributed by atoms with Crippen molar-refractivity contribution in [3.05, 3.63) is 23.8 Å². The van der Waals surface area contributed by atoms with Gasteiger partial charge in [0.15, 0.2) is 0 Å². The number of carbonyl (C=O) groups is 1. The van der Waals surface area contributed by atoms with Gasteiger partial charge in [0.25, 0.3) is 5.91 Å². The van der Waals surface area contributed by atoms with Crippen LogP contribution in [0.1, 0.15) is 31.7 Å². The average Bonchev–Trinajstić information content (AvgIpc) is 2.87. The summed E-state index contributed by atoms with van der Waals surface area (Å²) in [4.78, 5) is 12.3. The SMILES string of the molecule is CC1(C(=O)Nc2ccc3c(c2)CCCN3)CCCO1. The third-order valence-electron chi connectivity index (χ3n) is 4.00. The second-order valence-electron chi connectivity index (χ2n) is 5.54. The topological polar surface area (TPSA) is 50.4 Å². The molecular formula is C15H20N2O2. The summed E-state index contributed by atoms with van der Waals surface area (Å²) in [6.07, 6.45) is 3.97. The van der Waals surface area contributed by atoms with E-state index in [1.54, 1.807) is 0 Å². The van der Waals surface area contributed by atoms with Gasteiger partial charge in [-0.15, -0.1) is 0 Å². The molecule has 0 aromatic heterocycles. The quantitative estimate of drug-likeness (QED) is 0.859. The first-order valence-electron chi connectivity index (χ1n) is 7.00. The van der Waals surface area contributed by atoms with Crippen molar-refractivity contribution in [1.82, 2.24) is 0 Å². The van der Waals surface area contributed by atoms with Crippen molar-refractivity contribution >= 4 is 17.3 Å². The summed E-state index contributed by atoms with van der Waals surface area (Å²) < 4.78 is 5.56. The molecule has 4 nitrogen and oxygen atoms in total. The Bertz CT molecular complexity index is 493. The third-order valence-corrected chi connectivity index (χ3v) is 4.00. The molecule has 1 amide bonds. The van der Waals surface area contributed by atoms with Crippen LogP contribution in [-0.4, -0.2) is 24.7 Å². The van der Waals surface area contributed by atoms with Gasteiger partial charge in [-0.3, -0.25) is 4.79 Å². The van der Waals surface area contributed by atoms with Gasteiger partial charge in [0.05, 0.1) is 0 Å². The monoisotopic (exact) mass is 260 g/mol. The molecular weight excluding hydrogens is 240 g/mol. The van der Waals surface area contributed by atoms with Crippen LogP contribution in [0, 0.1) is 0 Å². The Hall–Kier alpha value is -1.55. The van der Waals surface area contributed by atoms with Crippen LogP contribution in [0.25, 0.3) is 0 Å². The Morgan fingerprint density at radius 2 is 2.32 bits per heavy atom. The number of nitrogens with one attached hydrogen (secondary N) is 2. The first-order valence-corrected chi connectivity index (χ1v) is 7.00. The largest absolute Gasteiger partial charge is 0.385 e. The molecule has 1 aromatic rings. The molecule has 1 fully saturated rings. The smallest absolute Gasteiger partial charge is 0.256 e. The molecule has 2 heterocycles. The van der Waals surface area contributed by atoms with Gasteiger partial charge in [0.2, 0.25) is 0 Å². The van der Waals surface area contributed by atoms with Crippen LogP contribution >= 0.6 is 0 Å². The number of ether oxygens (including phenoxy) is 1. The molecule has 2 aliphatic rings. The van der Waals surface area contributed by atoms with Crippen LogP contribution in [0.4, 0.5) is 11.4 Å². The molecule has 3 rings (SSSR count). The van der Waals surface area contributed by atoms with Crippen molar-refractivity contribution in [3.63, 3.8) is 0 Å². The van der Waals surface area contributed by atoms with Crippen LogP contribution in [0.15, 0.2) is 18.2 Å². The van der Waals surface area contributed by atoms with E-state index in [4.69, 9.17) is 4.74 Å². The van der Waals surface area contributed by atoms with Gasteiger partial charge in [-0.2, -0.15) is 0 Å². The first-order chi connectivity index (χ1) is 9.17. The van der Waals surface area contributed by atoms with E-state index in [1.807, 2.05) is 19.1 Å². The molecule has 1 saturated heterocycles. The maximum atomic E-state index is 12.3. The summed E-state index contributed by atoms with van der Waals surface area (Å²) in [5.74, 6) is -0.0336. The van der Waals surface area contributed by atoms with Gasteiger partial charge in [0.1, 0.15) is 5.60 Å². The molecule has 4 heteroatoms. The number of rotatable bonds is 2. The fourth-order valence-electron chi connectivity index (χ4n) is 2.77. The van der Waals surface area contributed by atoms with E-state index in [1.165, 1.54) is 11.3 Å². The Morgan fingerprint density at radius 1 is 1.42 bits per heavy atom. The number of carbonyl (C=O) groups excluding carboxylic acids is 1. The number of hydrogen-bond acceptors (Lipinski definition) is 3. The molecule has 0 saturated carbocycles. The summed E-state index contributed by atoms with van der Waals surface area (Å²) in [5.41, 5.74) is 2.67. The summed E-state index contributed by atoms with van der Waals surface area (Å²) >= 11 is 0. The van der Waals surface area contributed by atoms with E-state index in [0.29, 0.717) is 6.61 Å². The molecule has 2 N–H and O–H groups in total. The molecule has 0 bridgehead atoms. The van der Waals surface area contributed by atoms with E-state index in [9.17, 15) is 4.79 Å². The fourth-order valence-corrected chi connectivity index (χ4v) is 2.77. The van der Waals surface area contributed by atoms with Gasteiger partial charge in [-0.25, -0.2) is 0 Å². The van der Waals surface area contributed by atoms with Crippen LogP contribution in [-0.2, 0) is 16.0 Å². The molecule has 0 spiro atoms. The van der Waals surface area contributed by atoms with Crippen LogP contribution < -0.4 is 10.6 Å². The van der Waals surface area contributed by atoms with Crippen molar-refractivity contribution < 1.29 is 9.53 Å². The van der Waals surface area contributed by atoms with Crippen molar-refractivity contribution in [3.8, 4) is 0 Å². The molecule has 1 unspecified atom stereocenters. The summed E-state index contributed by atoms with van der Waals surface area (Å²) in [5, 5.41) is 6.35. The lowest BCUT2D eigenvalue weighted by molar-refractivity contribution is -0.133. The van der Waals surface area contributed by atoms with Crippen molar-refractivity contribution in [2.24, 2.45) is 0 Å². The first kappa shape index (κ1) is 12.5. The summed E-state index contributed by atoms with van der Waals surface area (Å²) in [6, 6.07) is 6.06. The zero-order chi connectivity index (χ0) is 13.3. The molecule has 19 heavy (non-hydrogen) atoms. The minimum atomic E-state index is -0.659. The van der Waals surface area contributed by atoms with Crippen molar-refractivity contribution in [2.45, 2.75) is 38.2 Å². The summed E-state index contributed by atoms with van der Waals surface area (Å²) in [7, 11) is 0. The van der Waals surface area contributed by atoms with Gasteiger partial charge in [0, 0.05) is 24.5 Å². The standard InChI is InChI=1S/C15H20N2O2/c1-15(7-3-9-19-15)14(18)17-12-5-6-13-11(10-12)4-2-8-16-13/h5-6,10,16H,2-4,7-9H2,1H3,(H,17,18). The van der Waals surface area contributed by atoms with E-state index < -0.39 is 5.60 Å². The highest BCUT2D eigenvalue weighted by Gasteiger charge is 2.37. The second kappa shape index (κ2) is 4.85. The Kier molecular flexibility index (Phi) is 3.19. The zero-order valence-electron chi connectivity index (χ0n) is 11.3. The maximum absolute atomic E-state index is 12.3. The minimum Gasteiger partial charge on any atom is -0.385 e. The Balaban J connectivity index is 1.74. The highest BCUT2D eigenvalue weighted by molar-refractivity contribution is 5.97. The zero-order valence-corrected chi connectivity index (χ0v) is 11.3. The van der Waals surface area contributed by atoms with Crippen molar-refractivity contribution in [1.29, 1.82) is 0 Å². The van der Waals surface area contributed by atoms with Gasteiger partial charge >= 0.3 is 0 Å². The highest BCUT2D eigenvalue weighted by Crippen LogP contribution is 2.29. The van der Waals surface area contributed by atoms with Crippen LogP contribution in [0.3, 0.4) is 0 Å². The molecule has 1 aromatic carbocycles. The highest BCUT2D eigenvalue weighted by atomic mass is 16.5. The van der Waals surface area contributed by atoms with Crippen LogP contribution in [0.5, 0.6) is 0 Å². The maximum Gasteiger partial charge on any atom is 0.256 e. The Morgan fingerprint density at radius 3 is 3.11 bits per heavy atom. The van der Waals surface area contributed by atoms with E-state index in [0.717, 1.165) is 37.9 Å². The second-order valence-corrected chi connectivity index (χ2v) is 5.54. The number of hydrogen-bond donors (Lipinski definition) is 2. The van der Waals surface area contributed by atoms with E-state index >= 15 is 0 Å².